The summed E-state index contributed by atoms with van der Waals surface area (Å²) >= 11 is 0. The highest BCUT2D eigenvalue weighted by Gasteiger charge is 2.21. The molecule has 2 heterocycles. The van der Waals surface area contributed by atoms with Gasteiger partial charge in [0.2, 0.25) is 6.79 Å². The highest BCUT2D eigenvalue weighted by molar-refractivity contribution is 5.93. The Bertz CT molecular complexity index is 778. The number of nitrogens with one attached hydrogen (secondary N) is 1. The Balaban J connectivity index is 1.28. The molecule has 0 saturated carbocycles. The van der Waals surface area contributed by atoms with Gasteiger partial charge in [0.25, 0.3) is 0 Å². The van der Waals surface area contributed by atoms with E-state index in [0.29, 0.717) is 24.7 Å². The first-order valence-electron chi connectivity index (χ1n) is 8.47. The number of nitrogens with zero attached hydrogens (tertiary/aromatic N) is 1. The van der Waals surface area contributed by atoms with Crippen LogP contribution in [0.2, 0.25) is 0 Å². The summed E-state index contributed by atoms with van der Waals surface area (Å²) in [6.07, 6.45) is 2.01. The molecule has 2 amide bonds. The normalized spacial score (nSPS) is 14.8. The van der Waals surface area contributed by atoms with Crippen LogP contribution in [0.4, 0.5) is 10.5 Å². The highest BCUT2D eigenvalue weighted by atomic mass is 16.7. The molecule has 2 aromatic rings. The van der Waals surface area contributed by atoms with Crippen LogP contribution >= 0.6 is 0 Å². The van der Waals surface area contributed by atoms with Crippen molar-refractivity contribution in [1.29, 1.82) is 0 Å². The van der Waals surface area contributed by atoms with E-state index in [4.69, 9.17) is 14.2 Å². The third kappa shape index (κ3) is 3.33. The average molecular weight is 340 g/mol. The lowest BCUT2D eigenvalue weighted by Crippen LogP contribution is -2.44. The largest absolute Gasteiger partial charge is 0.492 e. The van der Waals surface area contributed by atoms with E-state index < -0.39 is 0 Å². The van der Waals surface area contributed by atoms with E-state index in [9.17, 15) is 4.79 Å². The van der Waals surface area contributed by atoms with Crippen molar-refractivity contribution in [1.82, 2.24) is 5.32 Å². The van der Waals surface area contributed by atoms with Gasteiger partial charge in [-0.15, -0.1) is 0 Å². The zero-order valence-electron chi connectivity index (χ0n) is 13.9. The molecule has 130 valence electrons. The number of hydrogen-bond donors (Lipinski definition) is 1. The van der Waals surface area contributed by atoms with Crippen LogP contribution in [0.15, 0.2) is 42.5 Å². The standard InChI is InChI=1S/C19H20N2O4/c22-19(21-10-3-5-14-4-1-2-6-16(14)21)20-9-11-23-15-7-8-17-18(12-15)25-13-24-17/h1-2,4,6-8,12H,3,5,9-11,13H2,(H,20,22). The molecular formula is C19H20N2O4. The van der Waals surface area contributed by atoms with E-state index in [2.05, 4.69) is 11.4 Å². The molecule has 0 aromatic heterocycles. The summed E-state index contributed by atoms with van der Waals surface area (Å²) in [5.41, 5.74) is 2.23. The number of amides is 2. The number of carbonyl (C=O) groups excluding carboxylic acids is 1. The van der Waals surface area contributed by atoms with Crippen molar-refractivity contribution in [2.24, 2.45) is 0 Å². The molecule has 6 nitrogen and oxygen atoms in total. The first-order chi connectivity index (χ1) is 12.3. The van der Waals surface area contributed by atoms with E-state index in [-0.39, 0.29) is 12.8 Å². The molecule has 1 N–H and O–H groups in total. The number of rotatable bonds is 4. The molecule has 0 unspecified atom stereocenters. The van der Waals surface area contributed by atoms with Gasteiger partial charge in [-0.2, -0.15) is 0 Å². The van der Waals surface area contributed by atoms with Crippen molar-refractivity contribution in [2.45, 2.75) is 12.8 Å². The predicted molar refractivity (Wildman–Crippen MR) is 93.6 cm³/mol. The summed E-state index contributed by atoms with van der Waals surface area (Å²) in [6, 6.07) is 13.4. The third-order valence-corrected chi connectivity index (χ3v) is 4.35. The van der Waals surface area contributed by atoms with Gasteiger partial charge in [0.05, 0.1) is 6.54 Å². The van der Waals surface area contributed by atoms with Crippen molar-refractivity contribution >= 4 is 11.7 Å². The maximum Gasteiger partial charge on any atom is 0.321 e. The second-order valence-electron chi connectivity index (χ2n) is 5.98. The van der Waals surface area contributed by atoms with Gasteiger partial charge in [-0.3, -0.25) is 4.90 Å². The fraction of sp³-hybridized carbons (Fsp3) is 0.316. The van der Waals surface area contributed by atoms with Crippen LogP contribution in [-0.4, -0.2) is 32.5 Å². The third-order valence-electron chi connectivity index (χ3n) is 4.35. The molecule has 6 heteroatoms. The molecular weight excluding hydrogens is 320 g/mol. The zero-order chi connectivity index (χ0) is 17.1. The Labute approximate surface area is 146 Å². The number of ether oxygens (including phenoxy) is 3. The summed E-state index contributed by atoms with van der Waals surface area (Å²) in [6.45, 7) is 1.81. The number of aryl methyl sites for hydroxylation is 1. The molecule has 0 bridgehead atoms. The number of benzene rings is 2. The molecule has 0 radical (unpaired) electrons. The molecule has 0 saturated heterocycles. The molecule has 0 fully saturated rings. The van der Waals surface area contributed by atoms with Crippen molar-refractivity contribution in [3.05, 3.63) is 48.0 Å². The topological polar surface area (TPSA) is 60.0 Å². The minimum atomic E-state index is -0.0820. The first-order valence-corrected chi connectivity index (χ1v) is 8.47. The van der Waals surface area contributed by atoms with Gasteiger partial charge < -0.3 is 19.5 Å². The minimum absolute atomic E-state index is 0.0820. The zero-order valence-corrected chi connectivity index (χ0v) is 13.9. The van der Waals surface area contributed by atoms with Crippen molar-refractivity contribution in [3.8, 4) is 17.2 Å². The number of carbonyl (C=O) groups is 1. The van der Waals surface area contributed by atoms with E-state index in [0.717, 1.165) is 30.8 Å². The quantitative estimate of drug-likeness (QED) is 0.870. The highest BCUT2D eigenvalue weighted by Crippen LogP contribution is 2.35. The molecule has 2 aliphatic rings. The summed E-state index contributed by atoms with van der Waals surface area (Å²) in [4.78, 5) is 14.3. The average Bonchev–Trinajstić information content (AvgIpc) is 3.12. The van der Waals surface area contributed by atoms with Crippen molar-refractivity contribution in [3.63, 3.8) is 0 Å². The number of hydrogen-bond acceptors (Lipinski definition) is 4. The van der Waals surface area contributed by atoms with E-state index in [1.165, 1.54) is 5.56 Å². The smallest absolute Gasteiger partial charge is 0.321 e. The van der Waals surface area contributed by atoms with E-state index in [1.807, 2.05) is 30.3 Å². The van der Waals surface area contributed by atoms with E-state index >= 15 is 0 Å². The van der Waals surface area contributed by atoms with Crippen LogP contribution in [-0.2, 0) is 6.42 Å². The Hall–Kier alpha value is -2.89. The Kier molecular flexibility index (Phi) is 4.33. The van der Waals surface area contributed by atoms with Crippen molar-refractivity contribution < 1.29 is 19.0 Å². The summed E-state index contributed by atoms with van der Waals surface area (Å²) in [5.74, 6) is 2.11. The minimum Gasteiger partial charge on any atom is -0.492 e. The maximum absolute atomic E-state index is 12.4. The van der Waals surface area contributed by atoms with Crippen LogP contribution in [0.1, 0.15) is 12.0 Å². The molecule has 0 spiro atoms. The summed E-state index contributed by atoms with van der Waals surface area (Å²) in [7, 11) is 0. The molecule has 2 aromatic carbocycles. The molecule has 4 rings (SSSR count). The van der Waals surface area contributed by atoms with Crippen LogP contribution in [0.25, 0.3) is 0 Å². The Morgan fingerprint density at radius 1 is 1.16 bits per heavy atom. The van der Waals surface area contributed by atoms with Gasteiger partial charge in [-0.25, -0.2) is 4.79 Å². The maximum atomic E-state index is 12.4. The second kappa shape index (κ2) is 6.93. The molecule has 0 aliphatic carbocycles. The van der Waals surface area contributed by atoms with Crippen molar-refractivity contribution in [2.75, 3.05) is 31.4 Å². The van der Waals surface area contributed by atoms with Gasteiger partial charge in [0, 0.05) is 18.3 Å². The fourth-order valence-corrected chi connectivity index (χ4v) is 3.13. The lowest BCUT2D eigenvalue weighted by molar-refractivity contribution is 0.173. The Morgan fingerprint density at radius 3 is 3.00 bits per heavy atom. The summed E-state index contributed by atoms with van der Waals surface area (Å²) in [5, 5.41) is 2.92. The predicted octanol–water partition coefficient (Wildman–Crippen LogP) is 2.96. The number of para-hydroxylation sites is 1. The SMILES string of the molecule is O=C(NCCOc1ccc2c(c1)OCO2)N1CCCc2ccccc21. The number of fused-ring (bicyclic) bond motifs is 2. The number of anilines is 1. The fourth-order valence-electron chi connectivity index (χ4n) is 3.13. The molecule has 25 heavy (non-hydrogen) atoms. The van der Waals surface area contributed by atoms with Gasteiger partial charge >= 0.3 is 6.03 Å². The van der Waals surface area contributed by atoms with Crippen LogP contribution in [0, 0.1) is 0 Å². The van der Waals surface area contributed by atoms with E-state index in [1.54, 1.807) is 11.0 Å². The Morgan fingerprint density at radius 2 is 2.04 bits per heavy atom. The molecule has 0 atom stereocenters. The number of urea groups is 1. The van der Waals surface area contributed by atoms with Gasteiger partial charge in [-0.1, -0.05) is 18.2 Å². The van der Waals surface area contributed by atoms with Gasteiger partial charge in [-0.05, 0) is 36.6 Å². The summed E-state index contributed by atoms with van der Waals surface area (Å²) < 4.78 is 16.3. The molecule has 2 aliphatic heterocycles. The lowest BCUT2D eigenvalue weighted by atomic mass is 10.0. The van der Waals surface area contributed by atoms with Gasteiger partial charge in [0.1, 0.15) is 12.4 Å². The van der Waals surface area contributed by atoms with Crippen LogP contribution in [0.5, 0.6) is 17.2 Å². The first kappa shape index (κ1) is 15.6. The van der Waals surface area contributed by atoms with Crippen LogP contribution in [0.3, 0.4) is 0 Å². The second-order valence-corrected chi connectivity index (χ2v) is 5.98. The lowest BCUT2D eigenvalue weighted by Gasteiger charge is -2.29. The monoisotopic (exact) mass is 340 g/mol. The van der Waals surface area contributed by atoms with Gasteiger partial charge in [0.15, 0.2) is 11.5 Å². The van der Waals surface area contributed by atoms with Crippen LogP contribution < -0.4 is 24.4 Å².